The molecule has 2 amide bonds. The predicted molar refractivity (Wildman–Crippen MR) is 134 cm³/mol. The van der Waals surface area contributed by atoms with Crippen LogP contribution in [0.3, 0.4) is 0 Å². The highest BCUT2D eigenvalue weighted by molar-refractivity contribution is 6.06. The fourth-order valence-electron chi connectivity index (χ4n) is 4.99. The highest BCUT2D eigenvalue weighted by Crippen LogP contribution is 2.32. The van der Waals surface area contributed by atoms with Crippen molar-refractivity contribution in [3.8, 4) is 11.5 Å². The van der Waals surface area contributed by atoms with Crippen molar-refractivity contribution in [3.63, 3.8) is 0 Å². The van der Waals surface area contributed by atoms with Gasteiger partial charge >= 0.3 is 6.03 Å². The van der Waals surface area contributed by atoms with Crippen LogP contribution in [0, 0.1) is 5.92 Å². The molecule has 0 spiro atoms. The topological polar surface area (TPSA) is 36.0 Å². The number of carbonyl (C=O) groups is 1. The third-order valence-electron chi connectivity index (χ3n) is 6.59. The van der Waals surface area contributed by atoms with Crippen molar-refractivity contribution in [2.24, 2.45) is 5.92 Å². The highest BCUT2D eigenvalue weighted by atomic mass is 16.5. The minimum absolute atomic E-state index is 0.0352. The van der Waals surface area contributed by atoms with E-state index in [0.717, 1.165) is 48.2 Å². The first-order valence-corrected chi connectivity index (χ1v) is 11.8. The number of benzene rings is 3. The fourth-order valence-corrected chi connectivity index (χ4v) is 4.99. The Hall–Kier alpha value is -3.31. The molecule has 0 N–H and O–H groups in total. The lowest BCUT2D eigenvalue weighted by Crippen LogP contribution is -2.32. The maximum Gasteiger partial charge on any atom is 0.329 e. The summed E-state index contributed by atoms with van der Waals surface area (Å²) in [6, 6.07) is 24.1. The zero-order valence-electron chi connectivity index (χ0n) is 19.4. The number of nitrogens with zero attached hydrogens (tertiary/aromatic N) is 3. The van der Waals surface area contributed by atoms with E-state index in [0.29, 0.717) is 13.1 Å². The summed E-state index contributed by atoms with van der Waals surface area (Å²) >= 11 is 0. The Morgan fingerprint density at radius 2 is 1.52 bits per heavy atom. The highest BCUT2D eigenvalue weighted by Gasteiger charge is 2.31. The number of hydrogen-bond acceptors (Lipinski definition) is 3. The zero-order valence-corrected chi connectivity index (χ0v) is 19.4. The average Bonchev–Trinajstić information content (AvgIpc) is 3.21. The van der Waals surface area contributed by atoms with Crippen LogP contribution >= 0.6 is 0 Å². The standard InChI is InChI=1S/C28H31N3O2/c1-29(2)20-21-8-9-23-19-25(11-10-22(23)18-21)31-17-16-30(28(31)32)24-12-14-27(15-13-24)33-26-6-4-3-5-7-26/h3-7,10-15,19,21H,8-9,16-18,20H2,1-2H3. The normalized spacial score (nSPS) is 18.0. The van der Waals surface area contributed by atoms with E-state index in [1.807, 2.05) is 64.4 Å². The molecule has 0 aromatic heterocycles. The monoisotopic (exact) mass is 441 g/mol. The van der Waals surface area contributed by atoms with Crippen LogP contribution in [0.4, 0.5) is 16.2 Å². The first kappa shape index (κ1) is 21.5. The van der Waals surface area contributed by atoms with E-state index in [-0.39, 0.29) is 6.03 Å². The third kappa shape index (κ3) is 4.74. The molecule has 3 aromatic carbocycles. The van der Waals surface area contributed by atoms with Gasteiger partial charge in [0.1, 0.15) is 11.5 Å². The van der Waals surface area contributed by atoms with Gasteiger partial charge in [-0.25, -0.2) is 4.79 Å². The van der Waals surface area contributed by atoms with Crippen molar-refractivity contribution in [1.82, 2.24) is 4.90 Å². The Morgan fingerprint density at radius 3 is 2.24 bits per heavy atom. The van der Waals surface area contributed by atoms with Crippen LogP contribution in [0.5, 0.6) is 11.5 Å². The molecule has 5 rings (SSSR count). The van der Waals surface area contributed by atoms with E-state index < -0.39 is 0 Å². The number of fused-ring (bicyclic) bond motifs is 1. The molecule has 5 nitrogen and oxygen atoms in total. The Kier molecular flexibility index (Phi) is 6.05. The molecule has 0 radical (unpaired) electrons. The van der Waals surface area contributed by atoms with Crippen molar-refractivity contribution >= 4 is 17.4 Å². The summed E-state index contributed by atoms with van der Waals surface area (Å²) in [6.07, 6.45) is 3.44. The molecule has 2 aliphatic rings. The van der Waals surface area contributed by atoms with Gasteiger partial charge in [-0.05, 0) is 98.9 Å². The number of urea groups is 1. The first-order chi connectivity index (χ1) is 16.1. The summed E-state index contributed by atoms with van der Waals surface area (Å²) in [5.74, 6) is 2.28. The summed E-state index contributed by atoms with van der Waals surface area (Å²) in [5, 5.41) is 0. The number of para-hydroxylation sites is 1. The minimum Gasteiger partial charge on any atom is -0.457 e. The van der Waals surface area contributed by atoms with Gasteiger partial charge in [-0.15, -0.1) is 0 Å². The van der Waals surface area contributed by atoms with Crippen LogP contribution in [0.15, 0.2) is 72.8 Å². The molecule has 1 saturated heterocycles. The molecule has 3 aromatic rings. The van der Waals surface area contributed by atoms with E-state index in [1.54, 1.807) is 0 Å². The summed E-state index contributed by atoms with van der Waals surface area (Å²) in [7, 11) is 4.29. The van der Waals surface area contributed by atoms with E-state index in [9.17, 15) is 4.79 Å². The summed E-state index contributed by atoms with van der Waals surface area (Å²) < 4.78 is 5.88. The van der Waals surface area contributed by atoms with Crippen molar-refractivity contribution < 1.29 is 9.53 Å². The largest absolute Gasteiger partial charge is 0.457 e. The number of carbonyl (C=O) groups excluding carboxylic acids is 1. The van der Waals surface area contributed by atoms with Gasteiger partial charge in [0.2, 0.25) is 0 Å². The number of hydrogen-bond donors (Lipinski definition) is 0. The zero-order chi connectivity index (χ0) is 22.8. The van der Waals surface area contributed by atoms with Gasteiger partial charge in [0, 0.05) is 31.0 Å². The van der Waals surface area contributed by atoms with Crippen molar-refractivity contribution in [2.75, 3.05) is 43.5 Å². The van der Waals surface area contributed by atoms with Crippen LogP contribution < -0.4 is 14.5 Å². The van der Waals surface area contributed by atoms with Crippen LogP contribution in [0.2, 0.25) is 0 Å². The molecular formula is C28H31N3O2. The molecular weight excluding hydrogens is 410 g/mol. The first-order valence-electron chi connectivity index (χ1n) is 11.8. The van der Waals surface area contributed by atoms with Gasteiger partial charge in [-0.2, -0.15) is 0 Å². The van der Waals surface area contributed by atoms with Crippen LogP contribution in [0.25, 0.3) is 0 Å². The maximum absolute atomic E-state index is 13.2. The molecule has 1 unspecified atom stereocenters. The van der Waals surface area contributed by atoms with E-state index in [1.165, 1.54) is 17.5 Å². The van der Waals surface area contributed by atoms with E-state index >= 15 is 0 Å². The predicted octanol–water partition coefficient (Wildman–Crippen LogP) is 5.59. The minimum atomic E-state index is 0.0352. The van der Waals surface area contributed by atoms with Crippen molar-refractivity contribution in [3.05, 3.63) is 83.9 Å². The lowest BCUT2D eigenvalue weighted by Gasteiger charge is -2.28. The van der Waals surface area contributed by atoms with Gasteiger partial charge in [0.15, 0.2) is 0 Å². The van der Waals surface area contributed by atoms with Gasteiger partial charge in [-0.3, -0.25) is 9.80 Å². The lowest BCUT2D eigenvalue weighted by molar-refractivity contribution is 0.256. The molecule has 1 fully saturated rings. The number of amides is 2. The number of anilines is 2. The van der Waals surface area contributed by atoms with Gasteiger partial charge in [0.05, 0.1) is 0 Å². The Morgan fingerprint density at radius 1 is 0.848 bits per heavy atom. The average molecular weight is 442 g/mol. The summed E-state index contributed by atoms with van der Waals surface area (Å²) in [4.78, 5) is 19.3. The molecule has 0 bridgehead atoms. The molecule has 5 heteroatoms. The molecule has 1 aliphatic heterocycles. The Bertz CT molecular complexity index is 1110. The lowest BCUT2D eigenvalue weighted by atomic mass is 9.83. The fraction of sp³-hybridized carbons (Fsp3) is 0.321. The second-order valence-electron chi connectivity index (χ2n) is 9.32. The quantitative estimate of drug-likeness (QED) is 0.500. The molecule has 1 aliphatic carbocycles. The van der Waals surface area contributed by atoms with E-state index in [4.69, 9.17) is 4.74 Å². The maximum atomic E-state index is 13.2. The molecule has 170 valence electrons. The van der Waals surface area contributed by atoms with Crippen LogP contribution in [0.1, 0.15) is 17.5 Å². The second-order valence-corrected chi connectivity index (χ2v) is 9.32. The molecule has 1 heterocycles. The summed E-state index contributed by atoms with van der Waals surface area (Å²) in [5.41, 5.74) is 4.74. The third-order valence-corrected chi connectivity index (χ3v) is 6.59. The Labute approximate surface area is 196 Å². The Balaban J connectivity index is 1.26. The molecule has 0 saturated carbocycles. The van der Waals surface area contributed by atoms with E-state index in [2.05, 4.69) is 37.2 Å². The number of rotatable bonds is 6. The molecule has 33 heavy (non-hydrogen) atoms. The van der Waals surface area contributed by atoms with Gasteiger partial charge < -0.3 is 9.64 Å². The molecule has 1 atom stereocenters. The van der Waals surface area contributed by atoms with Crippen LogP contribution in [-0.2, 0) is 12.8 Å². The number of ether oxygens (including phenoxy) is 1. The van der Waals surface area contributed by atoms with Gasteiger partial charge in [-0.1, -0.05) is 24.3 Å². The number of aryl methyl sites for hydroxylation is 1. The van der Waals surface area contributed by atoms with Crippen molar-refractivity contribution in [2.45, 2.75) is 19.3 Å². The SMILES string of the molecule is CN(C)CC1CCc2cc(N3CCN(c4ccc(Oc5ccccc5)cc4)C3=O)ccc2C1. The smallest absolute Gasteiger partial charge is 0.329 e. The summed E-state index contributed by atoms with van der Waals surface area (Å²) in [6.45, 7) is 2.51. The second kappa shape index (κ2) is 9.28. The van der Waals surface area contributed by atoms with Crippen LogP contribution in [-0.4, -0.2) is 44.7 Å². The van der Waals surface area contributed by atoms with Gasteiger partial charge in [0.25, 0.3) is 0 Å². The van der Waals surface area contributed by atoms with Crippen molar-refractivity contribution in [1.29, 1.82) is 0 Å².